The van der Waals surface area contributed by atoms with Gasteiger partial charge in [-0.2, -0.15) is 0 Å². The summed E-state index contributed by atoms with van der Waals surface area (Å²) in [6, 6.07) is 2.47. The van der Waals surface area contributed by atoms with Crippen LogP contribution in [0, 0.1) is 5.82 Å². The van der Waals surface area contributed by atoms with Gasteiger partial charge in [0.2, 0.25) is 5.91 Å². The summed E-state index contributed by atoms with van der Waals surface area (Å²) in [5.41, 5.74) is 10.3. The van der Waals surface area contributed by atoms with Crippen LogP contribution in [0.4, 0.5) is 15.8 Å². The fraction of sp³-hybridized carbons (Fsp3) is 0.429. The largest absolute Gasteiger partial charge is 0.478 e. The zero-order valence-corrected chi connectivity index (χ0v) is 11.5. The van der Waals surface area contributed by atoms with E-state index in [9.17, 15) is 19.1 Å². The van der Waals surface area contributed by atoms with Crippen LogP contribution < -0.4 is 16.4 Å². The topological polar surface area (TPSA) is 110 Å². The Morgan fingerprint density at radius 2 is 1.95 bits per heavy atom. The smallest absolute Gasteiger partial charge is 0.340 e. The molecule has 0 atom stereocenters. The number of carbonyl (C=O) groups excluding carboxylic acids is 1. The summed E-state index contributed by atoms with van der Waals surface area (Å²) in [6.07, 6.45) is 3.67. The van der Waals surface area contributed by atoms with Crippen LogP contribution in [0.3, 0.4) is 0 Å². The first kappa shape index (κ1) is 15.1. The van der Waals surface area contributed by atoms with Gasteiger partial charge in [0.1, 0.15) is 11.4 Å². The predicted octanol–water partition coefficient (Wildman–Crippen LogP) is 1.34. The number of anilines is 2. The maximum absolute atomic E-state index is 13.5. The molecule has 0 radical (unpaired) electrons. The Kier molecular flexibility index (Phi) is 4.30. The van der Waals surface area contributed by atoms with Crippen molar-refractivity contribution in [3.05, 3.63) is 23.5 Å². The van der Waals surface area contributed by atoms with Crippen molar-refractivity contribution in [2.45, 2.75) is 31.7 Å². The molecule has 5 N–H and O–H groups in total. The van der Waals surface area contributed by atoms with Gasteiger partial charge in [0, 0.05) is 6.04 Å². The Morgan fingerprint density at radius 3 is 2.48 bits per heavy atom. The Morgan fingerprint density at radius 1 is 1.33 bits per heavy atom. The Labute approximate surface area is 121 Å². The maximum atomic E-state index is 13.5. The molecule has 1 fully saturated rings. The molecule has 114 valence electrons. The van der Waals surface area contributed by atoms with E-state index in [1.54, 1.807) is 4.90 Å². The fourth-order valence-corrected chi connectivity index (χ4v) is 2.84. The number of carboxylic acid groups (broad SMARTS) is 1. The van der Waals surface area contributed by atoms with E-state index in [0.29, 0.717) is 0 Å². The highest BCUT2D eigenvalue weighted by Gasteiger charge is 2.29. The summed E-state index contributed by atoms with van der Waals surface area (Å²) >= 11 is 0. The zero-order valence-electron chi connectivity index (χ0n) is 11.5. The van der Waals surface area contributed by atoms with Gasteiger partial charge < -0.3 is 21.5 Å². The molecule has 1 aliphatic carbocycles. The number of aromatic carboxylic acids is 1. The number of hydrogen-bond donors (Lipinski definition) is 3. The molecule has 1 saturated carbocycles. The SMILES string of the molecule is NC(=O)CN(c1ccc(F)c(N)c1C(=O)O)C1CCCC1. The molecule has 1 aliphatic rings. The summed E-state index contributed by atoms with van der Waals surface area (Å²) in [4.78, 5) is 24.3. The second-order valence-electron chi connectivity index (χ2n) is 5.19. The number of benzene rings is 1. The van der Waals surface area contributed by atoms with Crippen LogP contribution in [0.2, 0.25) is 0 Å². The van der Waals surface area contributed by atoms with Crippen LogP contribution in [0.1, 0.15) is 36.0 Å². The summed E-state index contributed by atoms with van der Waals surface area (Å²) < 4.78 is 13.5. The van der Waals surface area contributed by atoms with E-state index >= 15 is 0 Å². The van der Waals surface area contributed by atoms with Crippen molar-refractivity contribution in [2.75, 3.05) is 17.2 Å². The van der Waals surface area contributed by atoms with Crippen LogP contribution >= 0.6 is 0 Å². The van der Waals surface area contributed by atoms with E-state index in [1.165, 1.54) is 6.07 Å². The van der Waals surface area contributed by atoms with Crippen LogP contribution in [0.25, 0.3) is 0 Å². The molecule has 0 aliphatic heterocycles. The first-order valence-corrected chi connectivity index (χ1v) is 6.78. The lowest BCUT2D eigenvalue weighted by Gasteiger charge is -2.31. The van der Waals surface area contributed by atoms with Crippen molar-refractivity contribution in [1.29, 1.82) is 0 Å². The first-order chi connectivity index (χ1) is 9.91. The Hall–Kier alpha value is -2.31. The summed E-state index contributed by atoms with van der Waals surface area (Å²) in [7, 11) is 0. The number of amides is 1. The highest BCUT2D eigenvalue weighted by Crippen LogP contribution is 2.33. The molecule has 0 heterocycles. The number of hydrogen-bond acceptors (Lipinski definition) is 4. The van der Waals surface area contributed by atoms with Gasteiger partial charge in [-0.05, 0) is 25.0 Å². The van der Waals surface area contributed by atoms with Crippen molar-refractivity contribution in [2.24, 2.45) is 5.73 Å². The van der Waals surface area contributed by atoms with Gasteiger partial charge in [-0.1, -0.05) is 12.8 Å². The second-order valence-corrected chi connectivity index (χ2v) is 5.19. The quantitative estimate of drug-likeness (QED) is 0.710. The molecule has 1 aromatic rings. The minimum absolute atomic E-state index is 0.0143. The van der Waals surface area contributed by atoms with E-state index in [4.69, 9.17) is 11.5 Å². The molecule has 0 spiro atoms. The molecular weight excluding hydrogens is 277 g/mol. The van der Waals surface area contributed by atoms with Crippen molar-refractivity contribution in [3.8, 4) is 0 Å². The average Bonchev–Trinajstić information content (AvgIpc) is 2.92. The number of carbonyl (C=O) groups is 2. The predicted molar refractivity (Wildman–Crippen MR) is 76.6 cm³/mol. The highest BCUT2D eigenvalue weighted by molar-refractivity contribution is 6.01. The lowest BCUT2D eigenvalue weighted by molar-refractivity contribution is -0.116. The number of nitrogen functional groups attached to an aromatic ring is 1. The Balaban J connectivity index is 2.50. The molecule has 0 saturated heterocycles. The van der Waals surface area contributed by atoms with Crippen molar-refractivity contribution >= 4 is 23.3 Å². The Bertz CT molecular complexity index is 571. The molecule has 2 rings (SSSR count). The fourth-order valence-electron chi connectivity index (χ4n) is 2.84. The molecule has 21 heavy (non-hydrogen) atoms. The third-order valence-corrected chi connectivity index (χ3v) is 3.79. The normalized spacial score (nSPS) is 15.1. The van der Waals surface area contributed by atoms with E-state index < -0.39 is 23.4 Å². The van der Waals surface area contributed by atoms with Gasteiger partial charge in [-0.3, -0.25) is 4.79 Å². The lowest BCUT2D eigenvalue weighted by Crippen LogP contribution is -2.41. The summed E-state index contributed by atoms with van der Waals surface area (Å²) in [5.74, 6) is -2.68. The molecule has 0 unspecified atom stereocenters. The van der Waals surface area contributed by atoms with Crippen molar-refractivity contribution in [1.82, 2.24) is 0 Å². The van der Waals surface area contributed by atoms with E-state index in [1.807, 2.05) is 0 Å². The number of rotatable bonds is 5. The number of halogens is 1. The van der Waals surface area contributed by atoms with Gasteiger partial charge in [0.05, 0.1) is 17.9 Å². The van der Waals surface area contributed by atoms with Crippen molar-refractivity contribution < 1.29 is 19.1 Å². The number of primary amides is 1. The molecule has 0 bridgehead atoms. The summed E-state index contributed by atoms with van der Waals surface area (Å²) in [6.45, 7) is -0.115. The van der Waals surface area contributed by atoms with Gasteiger partial charge >= 0.3 is 5.97 Å². The second kappa shape index (κ2) is 5.99. The van der Waals surface area contributed by atoms with Crippen LogP contribution in [-0.4, -0.2) is 29.6 Å². The van der Waals surface area contributed by atoms with E-state index in [-0.39, 0.29) is 23.8 Å². The van der Waals surface area contributed by atoms with E-state index in [0.717, 1.165) is 31.7 Å². The molecule has 7 heteroatoms. The number of nitrogens with two attached hydrogens (primary N) is 2. The minimum atomic E-state index is -1.32. The lowest BCUT2D eigenvalue weighted by atomic mass is 10.1. The van der Waals surface area contributed by atoms with Gasteiger partial charge in [-0.25, -0.2) is 9.18 Å². The molecule has 1 aromatic carbocycles. The van der Waals surface area contributed by atoms with Gasteiger partial charge in [0.15, 0.2) is 0 Å². The third-order valence-electron chi connectivity index (χ3n) is 3.79. The first-order valence-electron chi connectivity index (χ1n) is 6.78. The molecular formula is C14H18FN3O3. The number of carboxylic acids is 1. The van der Waals surface area contributed by atoms with Crippen LogP contribution in [-0.2, 0) is 4.79 Å². The third kappa shape index (κ3) is 3.07. The standard InChI is InChI=1S/C14H18FN3O3/c15-9-5-6-10(12(13(9)17)14(20)21)18(7-11(16)19)8-3-1-2-4-8/h5-6,8H,1-4,7,17H2,(H2,16,19)(H,20,21). The van der Waals surface area contributed by atoms with Crippen molar-refractivity contribution in [3.63, 3.8) is 0 Å². The maximum Gasteiger partial charge on any atom is 0.340 e. The number of nitrogens with zero attached hydrogens (tertiary/aromatic N) is 1. The minimum Gasteiger partial charge on any atom is -0.478 e. The average molecular weight is 295 g/mol. The van der Waals surface area contributed by atoms with E-state index in [2.05, 4.69) is 0 Å². The van der Waals surface area contributed by atoms with Gasteiger partial charge in [0.25, 0.3) is 0 Å². The summed E-state index contributed by atoms with van der Waals surface area (Å²) in [5, 5.41) is 9.31. The molecule has 0 aromatic heterocycles. The van der Waals surface area contributed by atoms with Crippen LogP contribution in [0.5, 0.6) is 0 Å². The van der Waals surface area contributed by atoms with Gasteiger partial charge in [-0.15, -0.1) is 0 Å². The molecule has 6 nitrogen and oxygen atoms in total. The monoisotopic (exact) mass is 295 g/mol. The molecule has 1 amide bonds. The van der Waals surface area contributed by atoms with Crippen LogP contribution in [0.15, 0.2) is 12.1 Å². The zero-order chi connectivity index (χ0) is 15.6. The highest BCUT2D eigenvalue weighted by atomic mass is 19.1.